The van der Waals surface area contributed by atoms with Crippen molar-refractivity contribution < 1.29 is 18.9 Å². The third kappa shape index (κ3) is 5.48. The van der Waals surface area contributed by atoms with Crippen LogP contribution in [0.4, 0.5) is 8.78 Å². The van der Waals surface area contributed by atoms with E-state index < -0.39 is 17.7 Å². The number of hydrogen-bond acceptors (Lipinski definition) is 1. The van der Waals surface area contributed by atoms with Crippen molar-refractivity contribution >= 4 is 5.91 Å². The number of nitrogens with two attached hydrogens (primary N) is 1. The summed E-state index contributed by atoms with van der Waals surface area (Å²) in [6.45, 7) is 3.90. The Bertz CT molecular complexity index is 958. The van der Waals surface area contributed by atoms with E-state index in [0.717, 1.165) is 17.2 Å². The van der Waals surface area contributed by atoms with Crippen LogP contribution in [-0.4, -0.2) is 12.5 Å². The molecular formula is C24H25F2N2O+. The van der Waals surface area contributed by atoms with Gasteiger partial charge in [-0.1, -0.05) is 66.2 Å². The molecule has 0 bridgehead atoms. The second-order valence-corrected chi connectivity index (χ2v) is 7.19. The molecule has 0 fully saturated rings. The summed E-state index contributed by atoms with van der Waals surface area (Å²) < 4.78 is 27.0. The Morgan fingerprint density at radius 2 is 1.62 bits per heavy atom. The lowest BCUT2D eigenvalue weighted by Crippen LogP contribution is -2.87. The average molecular weight is 395 g/mol. The first-order valence-corrected chi connectivity index (χ1v) is 9.63. The first kappa shape index (κ1) is 20.7. The van der Waals surface area contributed by atoms with E-state index >= 15 is 0 Å². The van der Waals surface area contributed by atoms with Gasteiger partial charge in [-0.05, 0) is 19.9 Å². The van der Waals surface area contributed by atoms with E-state index in [-0.39, 0.29) is 24.1 Å². The maximum Gasteiger partial charge on any atom is 0.275 e. The number of quaternary nitrogens is 1. The van der Waals surface area contributed by atoms with Gasteiger partial charge in [0.05, 0.1) is 6.04 Å². The highest BCUT2D eigenvalue weighted by molar-refractivity contribution is 5.77. The van der Waals surface area contributed by atoms with Gasteiger partial charge >= 0.3 is 0 Å². The predicted molar refractivity (Wildman–Crippen MR) is 109 cm³/mol. The Kier molecular flexibility index (Phi) is 6.73. The fourth-order valence-electron chi connectivity index (χ4n) is 3.35. The minimum absolute atomic E-state index is 0.0274. The molecule has 3 aromatic rings. The second-order valence-electron chi connectivity index (χ2n) is 7.19. The normalized spacial score (nSPS) is 13.0. The molecular weight excluding hydrogens is 370 g/mol. The molecule has 5 heteroatoms. The van der Waals surface area contributed by atoms with Crippen molar-refractivity contribution in [2.45, 2.75) is 25.9 Å². The number of hydrogen-bond donors (Lipinski definition) is 2. The smallest absolute Gasteiger partial charge is 0.275 e. The van der Waals surface area contributed by atoms with E-state index in [4.69, 9.17) is 0 Å². The number of rotatable bonds is 7. The number of amides is 1. The van der Waals surface area contributed by atoms with Gasteiger partial charge in [0.25, 0.3) is 5.91 Å². The summed E-state index contributed by atoms with van der Waals surface area (Å²) in [5.41, 5.74) is 3.64. The van der Waals surface area contributed by atoms with Crippen molar-refractivity contribution in [2.24, 2.45) is 0 Å². The third-order valence-corrected chi connectivity index (χ3v) is 4.94. The molecule has 150 valence electrons. The Balaban J connectivity index is 1.68. The van der Waals surface area contributed by atoms with Crippen molar-refractivity contribution in [2.75, 3.05) is 6.54 Å². The molecule has 0 saturated heterocycles. The molecule has 3 nitrogen and oxygen atoms in total. The summed E-state index contributed by atoms with van der Waals surface area (Å²) >= 11 is 0. The van der Waals surface area contributed by atoms with Gasteiger partial charge in [-0.15, -0.1) is 0 Å². The van der Waals surface area contributed by atoms with Gasteiger partial charge in [-0.3, -0.25) is 4.79 Å². The van der Waals surface area contributed by atoms with Crippen LogP contribution in [0.2, 0.25) is 0 Å². The lowest BCUT2D eigenvalue weighted by molar-refractivity contribution is -0.676. The van der Waals surface area contributed by atoms with Gasteiger partial charge in [0.1, 0.15) is 17.7 Å². The van der Waals surface area contributed by atoms with Crippen LogP contribution in [0.15, 0.2) is 72.8 Å². The summed E-state index contributed by atoms with van der Waals surface area (Å²) in [4.78, 5) is 12.5. The van der Waals surface area contributed by atoms with E-state index in [9.17, 15) is 13.6 Å². The quantitative estimate of drug-likeness (QED) is 0.628. The summed E-state index contributed by atoms with van der Waals surface area (Å²) in [5.74, 6) is -1.51. The van der Waals surface area contributed by atoms with Crippen molar-refractivity contribution in [3.8, 4) is 0 Å². The summed E-state index contributed by atoms with van der Waals surface area (Å²) in [6.07, 6.45) is 0. The van der Waals surface area contributed by atoms with E-state index in [1.807, 2.05) is 42.6 Å². The zero-order chi connectivity index (χ0) is 20.8. The number of nitrogens with one attached hydrogen (secondary N) is 1. The molecule has 0 aromatic heterocycles. The lowest BCUT2D eigenvalue weighted by atomic mass is 9.98. The Morgan fingerprint density at radius 3 is 2.28 bits per heavy atom. The SMILES string of the molecule is Cc1ccc([C@@H]([NH2+]CC(=O)N[C@H](C)c2ccc(F)cc2F)c2ccccc2)cc1. The summed E-state index contributed by atoms with van der Waals surface area (Å²) in [7, 11) is 0. The molecule has 0 spiro atoms. The van der Waals surface area contributed by atoms with Crippen LogP contribution in [-0.2, 0) is 4.79 Å². The zero-order valence-electron chi connectivity index (χ0n) is 16.5. The van der Waals surface area contributed by atoms with Gasteiger partial charge in [0.2, 0.25) is 0 Å². The van der Waals surface area contributed by atoms with Crippen molar-refractivity contribution in [1.82, 2.24) is 5.32 Å². The Morgan fingerprint density at radius 1 is 0.966 bits per heavy atom. The van der Waals surface area contributed by atoms with Gasteiger partial charge < -0.3 is 10.6 Å². The molecule has 0 saturated carbocycles. The van der Waals surface area contributed by atoms with E-state index in [0.29, 0.717) is 0 Å². The minimum Gasteiger partial charge on any atom is -0.345 e. The number of carbonyl (C=O) groups is 1. The summed E-state index contributed by atoms with van der Waals surface area (Å²) in [6, 6.07) is 21.0. The molecule has 3 aromatic carbocycles. The highest BCUT2D eigenvalue weighted by Crippen LogP contribution is 2.19. The molecule has 1 amide bonds. The van der Waals surface area contributed by atoms with Gasteiger partial charge in [-0.25, -0.2) is 8.78 Å². The van der Waals surface area contributed by atoms with E-state index in [2.05, 4.69) is 29.6 Å². The number of benzene rings is 3. The fourth-order valence-corrected chi connectivity index (χ4v) is 3.35. The topological polar surface area (TPSA) is 45.7 Å². The number of aryl methyl sites for hydroxylation is 1. The monoisotopic (exact) mass is 395 g/mol. The largest absolute Gasteiger partial charge is 0.345 e. The van der Waals surface area contributed by atoms with Gasteiger partial charge in [-0.2, -0.15) is 0 Å². The fraction of sp³-hybridized carbons (Fsp3) is 0.208. The van der Waals surface area contributed by atoms with Crippen molar-refractivity contribution in [3.05, 3.63) is 107 Å². The van der Waals surface area contributed by atoms with Gasteiger partial charge in [0.15, 0.2) is 6.54 Å². The standard InChI is InChI=1S/C24H24F2N2O/c1-16-8-10-19(11-9-16)24(18-6-4-3-5-7-18)27-15-23(29)28-17(2)21-13-12-20(25)14-22(21)26/h3-14,17,24,27H,15H2,1-2H3,(H,28,29)/p+1/t17-,24+/m1/s1. The highest BCUT2D eigenvalue weighted by atomic mass is 19.1. The molecule has 0 aliphatic carbocycles. The van der Waals surface area contributed by atoms with Crippen molar-refractivity contribution in [3.63, 3.8) is 0 Å². The molecule has 0 radical (unpaired) electrons. The second kappa shape index (κ2) is 9.43. The van der Waals surface area contributed by atoms with Crippen LogP contribution in [0.3, 0.4) is 0 Å². The molecule has 2 atom stereocenters. The first-order chi connectivity index (χ1) is 13.9. The van der Waals surface area contributed by atoms with Gasteiger partial charge in [0, 0.05) is 22.8 Å². The van der Waals surface area contributed by atoms with Crippen LogP contribution >= 0.6 is 0 Å². The number of halogens is 2. The zero-order valence-corrected chi connectivity index (χ0v) is 16.5. The molecule has 0 unspecified atom stereocenters. The Labute approximate surface area is 169 Å². The molecule has 3 rings (SSSR count). The maximum atomic E-state index is 13.9. The molecule has 3 N–H and O–H groups in total. The lowest BCUT2D eigenvalue weighted by Gasteiger charge is -2.18. The van der Waals surface area contributed by atoms with E-state index in [1.54, 1.807) is 6.92 Å². The van der Waals surface area contributed by atoms with Crippen molar-refractivity contribution in [1.29, 1.82) is 0 Å². The first-order valence-electron chi connectivity index (χ1n) is 9.63. The van der Waals surface area contributed by atoms with Crippen LogP contribution in [0, 0.1) is 18.6 Å². The average Bonchev–Trinajstić information content (AvgIpc) is 2.70. The van der Waals surface area contributed by atoms with Crippen LogP contribution in [0.5, 0.6) is 0 Å². The maximum absolute atomic E-state index is 13.9. The van der Waals surface area contributed by atoms with Crippen LogP contribution < -0.4 is 10.6 Å². The molecule has 29 heavy (non-hydrogen) atoms. The van der Waals surface area contributed by atoms with E-state index in [1.165, 1.54) is 17.7 Å². The highest BCUT2D eigenvalue weighted by Gasteiger charge is 2.20. The molecule has 0 heterocycles. The predicted octanol–water partition coefficient (Wildman–Crippen LogP) is 3.80. The molecule has 0 aliphatic heterocycles. The minimum atomic E-state index is -0.663. The summed E-state index contributed by atoms with van der Waals surface area (Å²) in [5, 5.41) is 4.75. The van der Waals surface area contributed by atoms with Crippen LogP contribution in [0.1, 0.15) is 41.3 Å². The third-order valence-electron chi connectivity index (χ3n) is 4.94. The Hall–Kier alpha value is -3.05. The number of carbonyl (C=O) groups excluding carboxylic acids is 1. The molecule has 0 aliphatic rings. The van der Waals surface area contributed by atoms with Crippen LogP contribution in [0.25, 0.3) is 0 Å².